The summed E-state index contributed by atoms with van der Waals surface area (Å²) in [5, 5.41) is 12.1. The third-order valence-corrected chi connectivity index (χ3v) is 5.82. The van der Waals surface area contributed by atoms with E-state index in [4.69, 9.17) is 0 Å². The second-order valence-electron chi connectivity index (χ2n) is 5.63. The smallest absolute Gasteiger partial charge is 0.257 e. The second kappa shape index (κ2) is 6.48. The summed E-state index contributed by atoms with van der Waals surface area (Å²) in [7, 11) is -3.28. The van der Waals surface area contributed by atoms with Crippen LogP contribution in [0.1, 0.15) is 34.3 Å². The molecule has 128 valence electrons. The number of carbonyl (C=O) groups excluding carboxylic acids is 1. The van der Waals surface area contributed by atoms with Crippen LogP contribution in [0.15, 0.2) is 18.2 Å². The molecule has 0 radical (unpaired) electrons. The number of hydrogen-bond donors (Lipinski definition) is 1. The molecule has 9 heteroatoms. The van der Waals surface area contributed by atoms with Gasteiger partial charge < -0.3 is 0 Å². The van der Waals surface area contributed by atoms with Crippen molar-refractivity contribution < 1.29 is 13.2 Å². The van der Waals surface area contributed by atoms with Crippen molar-refractivity contribution >= 4 is 38.1 Å². The van der Waals surface area contributed by atoms with Gasteiger partial charge in [-0.3, -0.25) is 14.4 Å². The molecule has 1 N–H and O–H groups in total. The Morgan fingerprint density at radius 1 is 1.38 bits per heavy atom. The number of amides is 1. The van der Waals surface area contributed by atoms with Gasteiger partial charge in [0.05, 0.1) is 11.9 Å². The maximum atomic E-state index is 12.4. The average Bonchev–Trinajstić information content (AvgIpc) is 3.13. The summed E-state index contributed by atoms with van der Waals surface area (Å²) in [6, 6.07) is 5.05. The van der Waals surface area contributed by atoms with E-state index in [0.29, 0.717) is 29.3 Å². The van der Waals surface area contributed by atoms with E-state index in [0.717, 1.165) is 23.4 Å². The predicted molar refractivity (Wildman–Crippen MR) is 94.2 cm³/mol. The molecule has 24 heavy (non-hydrogen) atoms. The molecule has 0 aliphatic carbocycles. The van der Waals surface area contributed by atoms with Crippen LogP contribution in [0.2, 0.25) is 0 Å². The number of anilines is 2. The summed E-state index contributed by atoms with van der Waals surface area (Å²) in [5.74, 6) is -0.269. The van der Waals surface area contributed by atoms with E-state index in [1.165, 1.54) is 21.9 Å². The van der Waals surface area contributed by atoms with Gasteiger partial charge in [-0.25, -0.2) is 8.42 Å². The van der Waals surface area contributed by atoms with E-state index in [2.05, 4.69) is 22.4 Å². The molecule has 2 aromatic rings. The number of aromatic nitrogens is 2. The SMILES string of the molecule is CCCc1nnc(NC(=O)c2ccc3c(c2)CCN3S(C)(=O)=O)s1. The molecule has 1 aromatic heterocycles. The van der Waals surface area contributed by atoms with Gasteiger partial charge in [0.2, 0.25) is 15.2 Å². The van der Waals surface area contributed by atoms with Gasteiger partial charge in [-0.15, -0.1) is 10.2 Å². The lowest BCUT2D eigenvalue weighted by Gasteiger charge is -2.16. The zero-order valence-corrected chi connectivity index (χ0v) is 15.1. The highest BCUT2D eigenvalue weighted by molar-refractivity contribution is 7.92. The van der Waals surface area contributed by atoms with Crippen LogP contribution in [0.25, 0.3) is 0 Å². The fourth-order valence-corrected chi connectivity index (χ4v) is 4.44. The first-order valence-electron chi connectivity index (χ1n) is 7.63. The quantitative estimate of drug-likeness (QED) is 0.874. The first kappa shape index (κ1) is 16.8. The molecule has 7 nitrogen and oxygen atoms in total. The standard InChI is InChI=1S/C15H18N4O3S2/c1-3-4-13-17-18-15(23-13)16-14(20)11-5-6-12-10(9-11)7-8-19(12)24(2,21)22/h5-6,9H,3-4,7-8H2,1-2H3,(H,16,18,20). The highest BCUT2D eigenvalue weighted by Gasteiger charge is 2.26. The van der Waals surface area contributed by atoms with Gasteiger partial charge in [0.15, 0.2) is 0 Å². The summed E-state index contributed by atoms with van der Waals surface area (Å²) < 4.78 is 24.9. The number of carbonyl (C=O) groups is 1. The molecule has 2 heterocycles. The summed E-state index contributed by atoms with van der Waals surface area (Å²) in [6.07, 6.45) is 3.60. The topological polar surface area (TPSA) is 92.3 Å². The third kappa shape index (κ3) is 3.41. The summed E-state index contributed by atoms with van der Waals surface area (Å²) in [6.45, 7) is 2.47. The van der Waals surface area contributed by atoms with Crippen molar-refractivity contribution in [2.75, 3.05) is 22.4 Å². The van der Waals surface area contributed by atoms with Crippen molar-refractivity contribution in [1.29, 1.82) is 0 Å². The zero-order chi connectivity index (χ0) is 17.3. The van der Waals surface area contributed by atoms with E-state index in [1.807, 2.05) is 0 Å². The second-order valence-corrected chi connectivity index (χ2v) is 8.60. The van der Waals surface area contributed by atoms with Gasteiger partial charge in [0.1, 0.15) is 5.01 Å². The van der Waals surface area contributed by atoms with Crippen LogP contribution >= 0.6 is 11.3 Å². The Balaban J connectivity index is 1.77. The Hall–Kier alpha value is -2.00. The molecule has 1 aliphatic heterocycles. The van der Waals surface area contributed by atoms with E-state index in [-0.39, 0.29) is 5.91 Å². The molecule has 0 atom stereocenters. The Morgan fingerprint density at radius 2 is 2.17 bits per heavy atom. The molecule has 0 spiro atoms. The number of aryl methyl sites for hydroxylation is 1. The van der Waals surface area contributed by atoms with Crippen LogP contribution in [0, 0.1) is 0 Å². The highest BCUT2D eigenvalue weighted by atomic mass is 32.2. The van der Waals surface area contributed by atoms with E-state index in [9.17, 15) is 13.2 Å². The number of hydrogen-bond acceptors (Lipinski definition) is 6. The van der Waals surface area contributed by atoms with Gasteiger partial charge in [-0.1, -0.05) is 18.3 Å². The number of nitrogens with zero attached hydrogens (tertiary/aromatic N) is 3. The maximum Gasteiger partial charge on any atom is 0.257 e. The molecular weight excluding hydrogens is 348 g/mol. The molecule has 0 fully saturated rings. The summed E-state index contributed by atoms with van der Waals surface area (Å²) >= 11 is 1.37. The lowest BCUT2D eigenvalue weighted by Crippen LogP contribution is -2.27. The fourth-order valence-electron chi connectivity index (χ4n) is 2.65. The van der Waals surface area contributed by atoms with Crippen molar-refractivity contribution in [2.24, 2.45) is 0 Å². The number of nitrogens with one attached hydrogen (secondary N) is 1. The van der Waals surface area contributed by atoms with Crippen LogP contribution in [-0.2, 0) is 22.9 Å². The van der Waals surface area contributed by atoms with Crippen LogP contribution in [0.3, 0.4) is 0 Å². The fraction of sp³-hybridized carbons (Fsp3) is 0.400. The van der Waals surface area contributed by atoms with Crippen LogP contribution in [0.4, 0.5) is 10.8 Å². The van der Waals surface area contributed by atoms with Gasteiger partial charge in [0.25, 0.3) is 5.91 Å². The average molecular weight is 366 g/mol. The monoisotopic (exact) mass is 366 g/mol. The van der Waals surface area contributed by atoms with Gasteiger partial charge in [-0.05, 0) is 36.6 Å². The lowest BCUT2D eigenvalue weighted by molar-refractivity contribution is 0.102. The largest absolute Gasteiger partial charge is 0.296 e. The lowest BCUT2D eigenvalue weighted by atomic mass is 10.1. The normalized spacial score (nSPS) is 13.8. The van der Waals surface area contributed by atoms with Crippen LogP contribution < -0.4 is 9.62 Å². The summed E-state index contributed by atoms with van der Waals surface area (Å²) in [4.78, 5) is 12.4. The van der Waals surface area contributed by atoms with Crippen molar-refractivity contribution in [3.05, 3.63) is 34.3 Å². The molecule has 0 saturated heterocycles. The van der Waals surface area contributed by atoms with E-state index in [1.54, 1.807) is 18.2 Å². The molecule has 1 aromatic carbocycles. The Kier molecular flexibility index (Phi) is 4.55. The van der Waals surface area contributed by atoms with E-state index >= 15 is 0 Å². The van der Waals surface area contributed by atoms with Crippen molar-refractivity contribution in [2.45, 2.75) is 26.2 Å². The van der Waals surface area contributed by atoms with Crippen LogP contribution in [0.5, 0.6) is 0 Å². The van der Waals surface area contributed by atoms with Gasteiger partial charge in [-0.2, -0.15) is 0 Å². The molecule has 0 unspecified atom stereocenters. The Labute approximate surface area is 144 Å². The minimum absolute atomic E-state index is 0.269. The molecule has 0 bridgehead atoms. The van der Waals surface area contributed by atoms with Gasteiger partial charge >= 0.3 is 0 Å². The first-order chi connectivity index (χ1) is 11.4. The number of fused-ring (bicyclic) bond motifs is 1. The van der Waals surface area contributed by atoms with Crippen molar-refractivity contribution in [3.8, 4) is 0 Å². The Bertz CT molecular complexity index is 877. The Morgan fingerprint density at radius 3 is 2.88 bits per heavy atom. The number of benzene rings is 1. The maximum absolute atomic E-state index is 12.4. The minimum Gasteiger partial charge on any atom is -0.296 e. The summed E-state index contributed by atoms with van der Waals surface area (Å²) in [5.41, 5.74) is 1.99. The van der Waals surface area contributed by atoms with Crippen molar-refractivity contribution in [1.82, 2.24) is 10.2 Å². The minimum atomic E-state index is -3.28. The number of sulfonamides is 1. The molecule has 0 saturated carbocycles. The first-order valence-corrected chi connectivity index (χ1v) is 10.3. The van der Waals surface area contributed by atoms with Crippen molar-refractivity contribution in [3.63, 3.8) is 0 Å². The van der Waals surface area contributed by atoms with E-state index < -0.39 is 10.0 Å². The molecule has 1 amide bonds. The third-order valence-electron chi connectivity index (χ3n) is 3.75. The van der Waals surface area contributed by atoms with Crippen LogP contribution in [-0.4, -0.2) is 37.3 Å². The molecule has 1 aliphatic rings. The predicted octanol–water partition coefficient (Wildman–Crippen LogP) is 2.07. The number of rotatable bonds is 5. The molecular formula is C15H18N4O3S2. The highest BCUT2D eigenvalue weighted by Crippen LogP contribution is 2.31. The molecule has 3 rings (SSSR count). The van der Waals surface area contributed by atoms with Gasteiger partial charge in [0, 0.05) is 18.5 Å². The zero-order valence-electron chi connectivity index (χ0n) is 13.4.